The van der Waals surface area contributed by atoms with Crippen LogP contribution in [0.25, 0.3) is 0 Å². The van der Waals surface area contributed by atoms with Crippen molar-refractivity contribution in [3.63, 3.8) is 0 Å². The van der Waals surface area contributed by atoms with Gasteiger partial charge in [-0.05, 0) is 42.9 Å². The third-order valence-corrected chi connectivity index (χ3v) is 5.14. The second kappa shape index (κ2) is 13.7. The highest BCUT2D eigenvalue weighted by atomic mass is 35.6. The van der Waals surface area contributed by atoms with Crippen LogP contribution in [0.15, 0.2) is 24.3 Å². The normalized spacial score (nSPS) is 12.3. The fourth-order valence-corrected chi connectivity index (χ4v) is 3.20. The van der Waals surface area contributed by atoms with Crippen LogP contribution in [-0.4, -0.2) is 21.0 Å². The summed E-state index contributed by atoms with van der Waals surface area (Å²) in [5.41, 5.74) is 0.722. The summed E-state index contributed by atoms with van der Waals surface area (Å²) in [5.74, 6) is -0.188. The summed E-state index contributed by atoms with van der Waals surface area (Å²) < 4.78 is -1.76. The minimum atomic E-state index is -1.76. The number of halogens is 4. The quantitative estimate of drug-likeness (QED) is 0.143. The molecule has 3 N–H and O–H groups in total. The number of anilines is 1. The van der Waals surface area contributed by atoms with E-state index in [2.05, 4.69) is 22.9 Å². The van der Waals surface area contributed by atoms with Gasteiger partial charge in [0.15, 0.2) is 5.11 Å². The van der Waals surface area contributed by atoms with Gasteiger partial charge in [-0.2, -0.15) is 0 Å². The Morgan fingerprint density at radius 1 is 1.00 bits per heavy atom. The van der Waals surface area contributed by atoms with Gasteiger partial charge in [-0.3, -0.25) is 4.79 Å². The molecule has 0 saturated heterocycles. The number of thiocarbonyl (C=S) groups is 1. The molecule has 1 aromatic rings. The topological polar surface area (TPSA) is 53.2 Å². The first-order chi connectivity index (χ1) is 13.2. The number of benzene rings is 1. The minimum absolute atomic E-state index is 0.188. The molecule has 0 heterocycles. The molecule has 28 heavy (non-hydrogen) atoms. The minimum Gasteiger partial charge on any atom is -0.339 e. The molecule has 0 aliphatic rings. The Labute approximate surface area is 193 Å². The summed E-state index contributed by atoms with van der Waals surface area (Å²) in [5, 5.41) is 9.32. The number of hydrogen-bond acceptors (Lipinski definition) is 2. The second-order valence-electron chi connectivity index (χ2n) is 6.52. The summed E-state index contributed by atoms with van der Waals surface area (Å²) in [4.78, 5) is 12.2. The molecular formula is C19H27Cl4N3OS. The van der Waals surface area contributed by atoms with Crippen molar-refractivity contribution in [1.29, 1.82) is 0 Å². The highest BCUT2D eigenvalue weighted by Crippen LogP contribution is 2.29. The van der Waals surface area contributed by atoms with E-state index in [1.54, 1.807) is 24.3 Å². The summed E-state index contributed by atoms with van der Waals surface area (Å²) in [6, 6.07) is 6.98. The molecule has 0 unspecified atom stereocenters. The zero-order valence-corrected chi connectivity index (χ0v) is 19.7. The van der Waals surface area contributed by atoms with E-state index in [-0.39, 0.29) is 11.0 Å². The van der Waals surface area contributed by atoms with Crippen LogP contribution in [-0.2, 0) is 4.79 Å². The molecule has 9 heteroatoms. The maximum absolute atomic E-state index is 12.2. The first-order valence-electron chi connectivity index (χ1n) is 9.41. The van der Waals surface area contributed by atoms with E-state index in [0.29, 0.717) is 11.4 Å². The summed E-state index contributed by atoms with van der Waals surface area (Å²) in [6.45, 7) is 2.19. The summed E-state index contributed by atoms with van der Waals surface area (Å²) >= 11 is 29.1. The lowest BCUT2D eigenvalue weighted by molar-refractivity contribution is -0.122. The van der Waals surface area contributed by atoms with E-state index in [1.165, 1.54) is 25.7 Å². The van der Waals surface area contributed by atoms with Crippen molar-refractivity contribution in [2.75, 3.05) is 5.32 Å². The van der Waals surface area contributed by atoms with Crippen LogP contribution in [0, 0.1) is 0 Å². The van der Waals surface area contributed by atoms with Gasteiger partial charge in [0.25, 0.3) is 0 Å². The van der Waals surface area contributed by atoms with Gasteiger partial charge in [0.2, 0.25) is 9.70 Å². The average Bonchev–Trinajstić information content (AvgIpc) is 2.61. The van der Waals surface area contributed by atoms with Crippen LogP contribution in [0.4, 0.5) is 5.69 Å². The average molecular weight is 487 g/mol. The molecule has 0 aliphatic carbocycles. The van der Waals surface area contributed by atoms with E-state index < -0.39 is 9.96 Å². The number of amides is 1. The van der Waals surface area contributed by atoms with Gasteiger partial charge in [-0.15, -0.1) is 0 Å². The van der Waals surface area contributed by atoms with E-state index >= 15 is 0 Å². The number of carbonyl (C=O) groups excluding carboxylic acids is 1. The number of rotatable bonds is 11. The fourth-order valence-electron chi connectivity index (χ4n) is 2.51. The molecule has 0 bridgehead atoms. The van der Waals surface area contributed by atoms with Crippen LogP contribution < -0.4 is 16.0 Å². The molecule has 0 aromatic heterocycles. The third kappa shape index (κ3) is 11.5. The van der Waals surface area contributed by atoms with Gasteiger partial charge in [0.1, 0.15) is 6.17 Å². The van der Waals surface area contributed by atoms with Gasteiger partial charge >= 0.3 is 0 Å². The Morgan fingerprint density at radius 3 is 2.14 bits per heavy atom. The van der Waals surface area contributed by atoms with Crippen LogP contribution in [0.5, 0.6) is 0 Å². The molecule has 0 aliphatic heterocycles. The molecule has 0 saturated carbocycles. The first kappa shape index (κ1) is 25.6. The fraction of sp³-hybridized carbons (Fsp3) is 0.579. The van der Waals surface area contributed by atoms with Crippen LogP contribution >= 0.6 is 58.6 Å². The van der Waals surface area contributed by atoms with Crippen molar-refractivity contribution in [3.05, 3.63) is 29.3 Å². The molecule has 1 atom stereocenters. The maximum atomic E-state index is 12.2. The Morgan fingerprint density at radius 2 is 1.57 bits per heavy atom. The lowest BCUT2D eigenvalue weighted by atomic mass is 10.1. The van der Waals surface area contributed by atoms with E-state index in [1.807, 2.05) is 0 Å². The summed E-state index contributed by atoms with van der Waals surface area (Å²) in [6.07, 6.45) is 7.32. The van der Waals surface area contributed by atoms with Crippen LogP contribution in [0.3, 0.4) is 0 Å². The molecule has 1 amide bonds. The molecule has 1 rings (SSSR count). The number of unbranched alkanes of at least 4 members (excludes halogenated alkanes) is 6. The Balaban J connectivity index is 2.42. The molecule has 0 fully saturated rings. The van der Waals surface area contributed by atoms with E-state index in [0.717, 1.165) is 24.9 Å². The van der Waals surface area contributed by atoms with Crippen LogP contribution in [0.2, 0.25) is 5.02 Å². The van der Waals surface area contributed by atoms with Crippen molar-refractivity contribution >= 4 is 75.3 Å². The predicted octanol–water partition coefficient (Wildman–Crippen LogP) is 6.58. The third-order valence-electron chi connectivity index (χ3n) is 4.02. The number of carbonyl (C=O) groups is 1. The highest BCUT2D eigenvalue weighted by Gasteiger charge is 2.34. The largest absolute Gasteiger partial charge is 0.339 e. The van der Waals surface area contributed by atoms with Gasteiger partial charge in [0.05, 0.1) is 0 Å². The van der Waals surface area contributed by atoms with Crippen molar-refractivity contribution in [2.45, 2.75) is 68.2 Å². The molecular weight excluding hydrogens is 460 g/mol. The SMILES string of the molecule is CCCCCCCCCC(=O)N[C@H](NC(=S)Nc1ccc(Cl)cc1)C(Cl)(Cl)Cl. The highest BCUT2D eigenvalue weighted by molar-refractivity contribution is 7.80. The van der Waals surface area contributed by atoms with Crippen molar-refractivity contribution in [3.8, 4) is 0 Å². The van der Waals surface area contributed by atoms with Gasteiger partial charge < -0.3 is 16.0 Å². The number of alkyl halides is 3. The zero-order chi connectivity index (χ0) is 21.0. The number of nitrogens with one attached hydrogen (secondary N) is 3. The Hall–Kier alpha value is -0.460. The van der Waals surface area contributed by atoms with Crippen molar-refractivity contribution in [1.82, 2.24) is 10.6 Å². The Bertz CT molecular complexity index is 608. The smallest absolute Gasteiger partial charge is 0.228 e. The van der Waals surface area contributed by atoms with Gasteiger partial charge in [-0.1, -0.05) is 91.9 Å². The molecule has 0 spiro atoms. The monoisotopic (exact) mass is 485 g/mol. The lowest BCUT2D eigenvalue weighted by Gasteiger charge is -2.27. The summed E-state index contributed by atoms with van der Waals surface area (Å²) in [7, 11) is 0. The van der Waals surface area contributed by atoms with E-state index in [9.17, 15) is 4.79 Å². The molecule has 0 radical (unpaired) electrons. The van der Waals surface area contributed by atoms with Crippen LogP contribution in [0.1, 0.15) is 58.3 Å². The Kier molecular flexibility index (Phi) is 12.5. The number of hydrogen-bond donors (Lipinski definition) is 3. The first-order valence-corrected chi connectivity index (χ1v) is 11.3. The predicted molar refractivity (Wildman–Crippen MR) is 126 cm³/mol. The lowest BCUT2D eigenvalue weighted by Crippen LogP contribution is -2.56. The molecule has 1 aromatic carbocycles. The molecule has 4 nitrogen and oxygen atoms in total. The van der Waals surface area contributed by atoms with E-state index in [4.69, 9.17) is 58.6 Å². The van der Waals surface area contributed by atoms with Gasteiger partial charge in [0, 0.05) is 17.1 Å². The van der Waals surface area contributed by atoms with Gasteiger partial charge in [-0.25, -0.2) is 0 Å². The zero-order valence-electron chi connectivity index (χ0n) is 15.9. The van der Waals surface area contributed by atoms with Crippen molar-refractivity contribution in [2.24, 2.45) is 0 Å². The standard InChI is InChI=1S/C19H27Cl4N3OS/c1-2-3-4-5-6-7-8-9-16(27)25-17(19(21,22)23)26-18(28)24-15-12-10-14(20)11-13-15/h10-13,17H,2-9H2,1H3,(H,25,27)(H2,24,26,28)/t17-/m1/s1. The second-order valence-corrected chi connectivity index (χ2v) is 9.73. The van der Waals surface area contributed by atoms with Crippen molar-refractivity contribution < 1.29 is 4.79 Å². The maximum Gasteiger partial charge on any atom is 0.228 e. The molecule has 158 valence electrons.